The average Bonchev–Trinajstić information content (AvgIpc) is 2.97. The van der Waals surface area contributed by atoms with Gasteiger partial charge in [-0.1, -0.05) is 17.7 Å². The first-order valence-electron chi connectivity index (χ1n) is 13.8. The van der Waals surface area contributed by atoms with Gasteiger partial charge in [-0.05, 0) is 106 Å². The van der Waals surface area contributed by atoms with Gasteiger partial charge < -0.3 is 19.3 Å². The van der Waals surface area contributed by atoms with Gasteiger partial charge in [-0.3, -0.25) is 3.63 Å². The summed E-state index contributed by atoms with van der Waals surface area (Å²) in [6.45, 7) is 6.22. The highest BCUT2D eigenvalue weighted by atomic mass is 32.3. The number of benzene rings is 4. The Morgan fingerprint density at radius 1 is 0.667 bits per heavy atom. The van der Waals surface area contributed by atoms with E-state index in [0.717, 1.165) is 31.6 Å². The van der Waals surface area contributed by atoms with E-state index >= 15 is 0 Å². The molecular weight excluding hydrogens is 569 g/mol. The van der Waals surface area contributed by atoms with E-state index in [0.29, 0.717) is 12.4 Å². The summed E-state index contributed by atoms with van der Waals surface area (Å²) in [5, 5.41) is 0. The Kier molecular flexibility index (Phi) is 9.89. The summed E-state index contributed by atoms with van der Waals surface area (Å²) in [6.07, 6.45) is -0.415. The topological polar surface area (TPSA) is 71.9 Å². The second-order valence-corrected chi connectivity index (χ2v) is 14.9. The zero-order valence-electron chi connectivity index (χ0n) is 25.3. The van der Waals surface area contributed by atoms with Gasteiger partial charge in [-0.2, -0.15) is 0 Å². The highest BCUT2D eigenvalue weighted by molar-refractivity contribution is 8.32. The fraction of sp³-hybridized carbons (Fsp3) is 0.273. The van der Waals surface area contributed by atoms with Crippen LogP contribution in [0.2, 0.25) is 0 Å². The third kappa shape index (κ3) is 6.93. The molecule has 0 spiro atoms. The van der Waals surface area contributed by atoms with E-state index in [-0.39, 0.29) is 4.90 Å². The van der Waals surface area contributed by atoms with Gasteiger partial charge in [-0.15, -0.1) is 8.42 Å². The minimum Gasteiger partial charge on any atom is -0.465 e. The van der Waals surface area contributed by atoms with Gasteiger partial charge in [0.15, 0.2) is 6.29 Å². The minimum atomic E-state index is -4.08. The summed E-state index contributed by atoms with van der Waals surface area (Å²) >= 11 is 0. The molecule has 1 atom stereocenters. The Morgan fingerprint density at radius 3 is 1.48 bits per heavy atom. The van der Waals surface area contributed by atoms with Crippen LogP contribution in [-0.4, -0.2) is 53.1 Å². The molecule has 1 unspecified atom stereocenters. The molecule has 0 saturated heterocycles. The van der Waals surface area contributed by atoms with Crippen molar-refractivity contribution in [1.29, 1.82) is 0 Å². The van der Waals surface area contributed by atoms with Crippen LogP contribution in [0.25, 0.3) is 0 Å². The Hall–Kier alpha value is -3.50. The highest BCUT2D eigenvalue weighted by Crippen LogP contribution is 2.69. The normalized spacial score (nSPS) is 12.9. The van der Waals surface area contributed by atoms with Crippen molar-refractivity contribution in [2.45, 2.75) is 46.6 Å². The molecule has 1 N–H and O–H groups in total. The van der Waals surface area contributed by atoms with Gasteiger partial charge in [0.05, 0.1) is 25.0 Å². The van der Waals surface area contributed by atoms with Crippen molar-refractivity contribution < 1.29 is 21.5 Å². The fourth-order valence-corrected chi connectivity index (χ4v) is 9.94. The Labute approximate surface area is 252 Å². The molecule has 7 nitrogen and oxygen atoms in total. The molecule has 0 heterocycles. The van der Waals surface area contributed by atoms with Crippen LogP contribution < -0.4 is 14.5 Å². The van der Waals surface area contributed by atoms with E-state index in [1.165, 1.54) is 0 Å². The third-order valence-corrected chi connectivity index (χ3v) is 12.2. The number of hydrogen-bond donors (Lipinski definition) is 0. The van der Waals surface area contributed by atoms with Crippen molar-refractivity contribution in [3.05, 3.63) is 103 Å². The van der Waals surface area contributed by atoms with E-state index < -0.39 is 26.7 Å². The van der Waals surface area contributed by atoms with Gasteiger partial charge in [0, 0.05) is 46.2 Å². The number of anilines is 2. The van der Waals surface area contributed by atoms with Gasteiger partial charge in [0.25, 0.3) is 0 Å². The van der Waals surface area contributed by atoms with E-state index in [4.69, 9.17) is 13.1 Å². The molecule has 0 bridgehead atoms. The molecule has 0 fully saturated rings. The summed E-state index contributed by atoms with van der Waals surface area (Å²) in [5.41, 5.74) is 2.98. The molecule has 0 aliphatic rings. The van der Waals surface area contributed by atoms with Crippen LogP contribution in [0.1, 0.15) is 19.4 Å². The van der Waals surface area contributed by atoms with Gasteiger partial charge in [0.1, 0.15) is 10.6 Å². The molecule has 0 aliphatic heterocycles. The quantitative estimate of drug-likeness (QED) is 0.0938. The van der Waals surface area contributed by atoms with E-state index in [1.54, 1.807) is 24.3 Å². The summed E-state index contributed by atoms with van der Waals surface area (Å²) in [6, 6.07) is 30.3. The Morgan fingerprint density at radius 2 is 1.07 bits per heavy atom. The van der Waals surface area contributed by atoms with Crippen molar-refractivity contribution in [3.8, 4) is 5.75 Å². The smallest absolute Gasteiger partial charge is 0.422 e. The third-order valence-electron chi connectivity index (χ3n) is 6.79. The van der Waals surface area contributed by atoms with Crippen LogP contribution in [0, 0.1) is 6.92 Å². The number of ether oxygens (including phenoxy) is 2. The molecular formula is C33H41N2O5S2+. The molecule has 0 saturated carbocycles. The highest BCUT2D eigenvalue weighted by Gasteiger charge is 2.43. The van der Waals surface area contributed by atoms with E-state index in [2.05, 4.69) is 0 Å². The molecule has 0 aromatic heterocycles. The first-order valence-corrected chi connectivity index (χ1v) is 16.8. The molecule has 9 heteroatoms. The van der Waals surface area contributed by atoms with E-state index in [1.807, 2.05) is 132 Å². The fourth-order valence-electron chi connectivity index (χ4n) is 4.50. The standard InChI is InChI=1S/C33H40N2O5S2/c1-8-38-26(3)39-29-15-23-32(24-16-29)41(30-19-11-27(12-20-30)34(4)5,31-21-13-28(14-22-31)35(6)7)40-42(36,37)33-17-9-25(2)10-18-33/h9-24,26H,8H2,1-7H3/p+1. The molecule has 42 heavy (non-hydrogen) atoms. The number of hydrogen-bond acceptors (Lipinski definition) is 6. The lowest BCUT2D eigenvalue weighted by molar-refractivity contribution is -0.0613. The molecule has 4 aromatic rings. The lowest BCUT2D eigenvalue weighted by Crippen LogP contribution is -2.19. The summed E-state index contributed by atoms with van der Waals surface area (Å²) in [7, 11) is 1.15. The zero-order valence-corrected chi connectivity index (χ0v) is 26.9. The van der Waals surface area contributed by atoms with Crippen molar-refractivity contribution in [1.82, 2.24) is 0 Å². The minimum absolute atomic E-state index is 0.158. The predicted molar refractivity (Wildman–Crippen MR) is 173 cm³/mol. The van der Waals surface area contributed by atoms with Crippen molar-refractivity contribution in [2.24, 2.45) is 0 Å². The summed E-state index contributed by atoms with van der Waals surface area (Å²) < 4.78 is 44.6. The molecule has 224 valence electrons. The molecule has 4 rings (SSSR count). The van der Waals surface area contributed by atoms with Gasteiger partial charge in [-0.25, -0.2) is 0 Å². The summed E-state index contributed by atoms with van der Waals surface area (Å²) in [4.78, 5) is 6.56. The second-order valence-electron chi connectivity index (χ2n) is 10.3. The van der Waals surface area contributed by atoms with Crippen LogP contribution in [0.3, 0.4) is 0 Å². The Balaban J connectivity index is 1.96. The van der Waals surface area contributed by atoms with Crippen molar-refractivity contribution >= 4 is 31.8 Å². The van der Waals surface area contributed by atoms with E-state index in [9.17, 15) is 8.42 Å². The monoisotopic (exact) mass is 609 g/mol. The average molecular weight is 610 g/mol. The second kappa shape index (κ2) is 13.2. The van der Waals surface area contributed by atoms with Crippen molar-refractivity contribution in [3.63, 3.8) is 0 Å². The molecule has 0 amide bonds. The molecule has 0 radical (unpaired) electrons. The lowest BCUT2D eigenvalue weighted by atomic mass is 10.2. The van der Waals surface area contributed by atoms with Gasteiger partial charge in [0.2, 0.25) is 0 Å². The van der Waals surface area contributed by atoms with Crippen LogP contribution in [0.4, 0.5) is 11.4 Å². The lowest BCUT2D eigenvalue weighted by Gasteiger charge is -2.35. The number of rotatable bonds is 12. The Bertz CT molecular complexity index is 1500. The maximum absolute atomic E-state index is 14.1. The number of nitrogens with zero attached hydrogens (tertiary/aromatic N) is 2. The van der Waals surface area contributed by atoms with Crippen molar-refractivity contribution in [2.75, 3.05) is 44.6 Å². The zero-order chi connectivity index (χ0) is 30.5. The maximum atomic E-state index is 14.1. The largest absolute Gasteiger partial charge is 0.465 e. The van der Waals surface area contributed by atoms with Gasteiger partial charge >= 0.3 is 10.1 Å². The van der Waals surface area contributed by atoms with Crippen LogP contribution in [0.5, 0.6) is 5.75 Å². The summed E-state index contributed by atoms with van der Waals surface area (Å²) in [5.74, 6) is 0.625. The van der Waals surface area contributed by atoms with Crippen LogP contribution in [0.15, 0.2) is 117 Å². The first kappa shape index (κ1) is 31.4. The van der Waals surface area contributed by atoms with Crippen LogP contribution in [-0.2, 0) is 14.9 Å². The molecule has 0 aliphatic carbocycles. The first-order chi connectivity index (χ1) is 20.0. The SMILES string of the molecule is CCOC(C)Oc1ccc(S([OH+]S(=O)(=O)c2ccc(C)cc2)(c2ccc(N(C)C)cc2)c2ccc(N(C)C)cc2)cc1. The predicted octanol–water partition coefficient (Wildman–Crippen LogP) is 7.57. The molecule has 4 aromatic carbocycles. The number of aryl methyl sites for hydroxylation is 1. The van der Waals surface area contributed by atoms with Crippen LogP contribution >= 0.6 is 10.3 Å². The maximum Gasteiger partial charge on any atom is 0.422 e.